The predicted molar refractivity (Wildman–Crippen MR) is 58.0 cm³/mol. The number of carbonyl (C=O) groups excluding carboxylic acids is 1. The molecule has 0 aromatic rings. The van der Waals surface area contributed by atoms with E-state index in [-0.39, 0.29) is 10.8 Å². The average Bonchev–Trinajstić information content (AvgIpc) is 2.16. The predicted octanol–water partition coefficient (Wildman–Crippen LogP) is 3.08. The van der Waals surface area contributed by atoms with Crippen LogP contribution in [0.2, 0.25) is 0 Å². The van der Waals surface area contributed by atoms with Crippen molar-refractivity contribution < 1.29 is 4.79 Å². The SMILES string of the molecule is CC1(C)CCCC2(C#N)CC(=O)CCC12. The summed E-state index contributed by atoms with van der Waals surface area (Å²) in [5.74, 6) is 0.729. The summed E-state index contributed by atoms with van der Waals surface area (Å²) < 4.78 is 0. The summed E-state index contributed by atoms with van der Waals surface area (Å²) >= 11 is 0. The summed E-state index contributed by atoms with van der Waals surface area (Å²) in [7, 11) is 0. The van der Waals surface area contributed by atoms with Crippen molar-refractivity contribution in [3.8, 4) is 6.07 Å². The van der Waals surface area contributed by atoms with Crippen LogP contribution in [-0.4, -0.2) is 5.78 Å². The minimum absolute atomic E-state index is 0.245. The smallest absolute Gasteiger partial charge is 0.134 e. The van der Waals surface area contributed by atoms with Crippen molar-refractivity contribution in [2.45, 2.75) is 52.4 Å². The maximum Gasteiger partial charge on any atom is 0.134 e. The molecule has 2 saturated carbocycles. The lowest BCUT2D eigenvalue weighted by Gasteiger charge is -2.51. The van der Waals surface area contributed by atoms with Crippen molar-refractivity contribution in [2.24, 2.45) is 16.7 Å². The van der Waals surface area contributed by atoms with Gasteiger partial charge < -0.3 is 0 Å². The Bertz CT molecular complexity index is 326. The molecule has 2 atom stereocenters. The van der Waals surface area contributed by atoms with Crippen molar-refractivity contribution >= 4 is 5.78 Å². The molecule has 0 aromatic heterocycles. The largest absolute Gasteiger partial charge is 0.300 e. The Morgan fingerprint density at radius 2 is 2.13 bits per heavy atom. The molecule has 2 aliphatic carbocycles. The molecule has 0 amide bonds. The van der Waals surface area contributed by atoms with Crippen LogP contribution in [0.1, 0.15) is 52.4 Å². The van der Waals surface area contributed by atoms with Gasteiger partial charge >= 0.3 is 0 Å². The number of nitriles is 1. The number of ketones is 1. The number of Topliss-reactive ketones (excluding diaryl/α,β-unsaturated/α-hetero) is 1. The third-order valence-electron chi connectivity index (χ3n) is 4.50. The second kappa shape index (κ2) is 3.33. The third-order valence-corrected chi connectivity index (χ3v) is 4.50. The lowest BCUT2D eigenvalue weighted by molar-refractivity contribution is -0.128. The van der Waals surface area contributed by atoms with Crippen LogP contribution in [0.25, 0.3) is 0 Å². The number of hydrogen-bond acceptors (Lipinski definition) is 2. The average molecular weight is 205 g/mol. The van der Waals surface area contributed by atoms with Crippen molar-refractivity contribution in [1.29, 1.82) is 5.26 Å². The Labute approximate surface area is 91.7 Å². The molecule has 2 rings (SSSR count). The molecular weight excluding hydrogens is 186 g/mol. The van der Waals surface area contributed by atoms with Gasteiger partial charge in [-0.15, -0.1) is 0 Å². The van der Waals surface area contributed by atoms with Gasteiger partial charge in [-0.3, -0.25) is 4.79 Å². The first kappa shape index (κ1) is 10.7. The maximum atomic E-state index is 11.5. The fourth-order valence-electron chi connectivity index (χ4n) is 3.75. The molecule has 82 valence electrons. The van der Waals surface area contributed by atoms with E-state index < -0.39 is 0 Å². The van der Waals surface area contributed by atoms with Gasteiger partial charge in [-0.1, -0.05) is 20.3 Å². The summed E-state index contributed by atoms with van der Waals surface area (Å²) in [5, 5.41) is 9.42. The van der Waals surface area contributed by atoms with E-state index in [2.05, 4.69) is 19.9 Å². The van der Waals surface area contributed by atoms with Gasteiger partial charge in [-0.25, -0.2) is 0 Å². The first-order valence-electron chi connectivity index (χ1n) is 5.93. The first-order chi connectivity index (χ1) is 7.00. The monoisotopic (exact) mass is 205 g/mol. The Balaban J connectivity index is 2.35. The number of nitrogens with zero attached hydrogens (tertiary/aromatic N) is 1. The highest BCUT2D eigenvalue weighted by Crippen LogP contribution is 2.56. The lowest BCUT2D eigenvalue weighted by atomic mass is 9.51. The number of fused-ring (bicyclic) bond motifs is 1. The van der Waals surface area contributed by atoms with Gasteiger partial charge in [0.1, 0.15) is 5.78 Å². The van der Waals surface area contributed by atoms with Crippen molar-refractivity contribution in [2.75, 3.05) is 0 Å². The summed E-state index contributed by atoms with van der Waals surface area (Å²) in [6, 6.07) is 2.48. The first-order valence-corrected chi connectivity index (χ1v) is 5.93. The Kier molecular flexibility index (Phi) is 2.37. The molecule has 0 spiro atoms. The van der Waals surface area contributed by atoms with Gasteiger partial charge in [0.15, 0.2) is 0 Å². The van der Waals surface area contributed by atoms with Crippen LogP contribution in [0.5, 0.6) is 0 Å². The normalized spacial score (nSPS) is 39.3. The summed E-state index contributed by atoms with van der Waals surface area (Å²) in [4.78, 5) is 11.5. The molecule has 2 heteroatoms. The molecular formula is C13H19NO. The van der Waals surface area contributed by atoms with Gasteiger partial charge in [-0.2, -0.15) is 5.26 Å². The molecule has 0 aromatic carbocycles. The fourth-order valence-corrected chi connectivity index (χ4v) is 3.75. The Hall–Kier alpha value is -0.840. The van der Waals surface area contributed by atoms with E-state index in [1.165, 1.54) is 6.42 Å². The molecule has 0 bridgehead atoms. The number of rotatable bonds is 0. The molecule has 0 aliphatic heterocycles. The van der Waals surface area contributed by atoms with Gasteiger partial charge in [0, 0.05) is 12.8 Å². The van der Waals surface area contributed by atoms with Crippen LogP contribution >= 0.6 is 0 Å². The zero-order valence-electron chi connectivity index (χ0n) is 9.68. The highest BCUT2D eigenvalue weighted by atomic mass is 16.1. The minimum atomic E-state index is -0.322. The second-order valence-corrected chi connectivity index (χ2v) is 5.92. The summed E-state index contributed by atoms with van der Waals surface area (Å²) in [6.07, 6.45) is 5.37. The van der Waals surface area contributed by atoms with E-state index in [0.717, 1.165) is 19.3 Å². The number of carbonyl (C=O) groups is 1. The van der Waals surface area contributed by atoms with E-state index in [0.29, 0.717) is 24.5 Å². The number of hydrogen-bond donors (Lipinski definition) is 0. The van der Waals surface area contributed by atoms with Gasteiger partial charge in [0.2, 0.25) is 0 Å². The summed E-state index contributed by atoms with van der Waals surface area (Å²) in [6.45, 7) is 4.53. The second-order valence-electron chi connectivity index (χ2n) is 5.92. The van der Waals surface area contributed by atoms with E-state index in [1.54, 1.807) is 0 Å². The molecule has 2 nitrogen and oxygen atoms in total. The molecule has 2 fully saturated rings. The molecule has 2 aliphatic rings. The van der Waals surface area contributed by atoms with Crippen LogP contribution in [-0.2, 0) is 4.79 Å². The van der Waals surface area contributed by atoms with Crippen molar-refractivity contribution in [3.63, 3.8) is 0 Å². The van der Waals surface area contributed by atoms with Gasteiger partial charge in [-0.05, 0) is 30.6 Å². The van der Waals surface area contributed by atoms with E-state index in [9.17, 15) is 10.1 Å². The van der Waals surface area contributed by atoms with Crippen LogP contribution in [0, 0.1) is 28.1 Å². The third kappa shape index (κ3) is 1.58. The van der Waals surface area contributed by atoms with Gasteiger partial charge in [0.25, 0.3) is 0 Å². The van der Waals surface area contributed by atoms with Crippen molar-refractivity contribution in [1.82, 2.24) is 0 Å². The molecule has 0 heterocycles. The Morgan fingerprint density at radius 1 is 1.40 bits per heavy atom. The fraction of sp³-hybridized carbons (Fsp3) is 0.846. The molecule has 0 N–H and O–H groups in total. The molecule has 0 saturated heterocycles. The lowest BCUT2D eigenvalue weighted by Crippen LogP contribution is -2.47. The highest BCUT2D eigenvalue weighted by molar-refractivity contribution is 5.80. The minimum Gasteiger partial charge on any atom is -0.300 e. The zero-order chi connectivity index (χ0) is 11.1. The van der Waals surface area contributed by atoms with E-state index >= 15 is 0 Å². The highest BCUT2D eigenvalue weighted by Gasteiger charge is 2.52. The van der Waals surface area contributed by atoms with E-state index in [1.807, 2.05) is 0 Å². The molecule has 2 unspecified atom stereocenters. The quantitative estimate of drug-likeness (QED) is 0.609. The topological polar surface area (TPSA) is 40.9 Å². The van der Waals surface area contributed by atoms with Crippen LogP contribution in [0.4, 0.5) is 0 Å². The van der Waals surface area contributed by atoms with Crippen LogP contribution in [0.15, 0.2) is 0 Å². The zero-order valence-corrected chi connectivity index (χ0v) is 9.68. The molecule has 0 radical (unpaired) electrons. The van der Waals surface area contributed by atoms with Crippen LogP contribution < -0.4 is 0 Å². The standard InChI is InChI=1S/C13H19NO/c1-12(2)6-3-7-13(9-14)8-10(15)4-5-11(12)13/h11H,3-8H2,1-2H3. The molecule has 15 heavy (non-hydrogen) atoms. The summed E-state index contributed by atoms with van der Waals surface area (Å²) in [5.41, 5.74) is -0.0776. The van der Waals surface area contributed by atoms with Gasteiger partial charge in [0.05, 0.1) is 11.5 Å². The Morgan fingerprint density at radius 3 is 2.80 bits per heavy atom. The maximum absolute atomic E-state index is 11.5. The van der Waals surface area contributed by atoms with Crippen molar-refractivity contribution in [3.05, 3.63) is 0 Å². The van der Waals surface area contributed by atoms with Crippen LogP contribution in [0.3, 0.4) is 0 Å². The van der Waals surface area contributed by atoms with E-state index in [4.69, 9.17) is 0 Å².